The Hall–Kier alpha value is -1.98. The molecule has 0 aliphatic heterocycles. The second kappa shape index (κ2) is 6.49. The Morgan fingerprint density at radius 1 is 1.33 bits per heavy atom. The molecule has 0 spiro atoms. The third-order valence-electron chi connectivity index (χ3n) is 4.13. The van der Waals surface area contributed by atoms with Crippen LogP contribution in [0.3, 0.4) is 0 Å². The number of hydrogen-bond donors (Lipinski definition) is 2. The van der Waals surface area contributed by atoms with Gasteiger partial charge in [0, 0.05) is 16.0 Å². The standard InChI is InChI=1S/C17H15Cl2NO4/c1-8-12(17(22)23)5-10(24-8)7-20-16(21)14-6-13(14)11-3-2-9(18)4-15(11)19/h2-5,13-14H,6-7H2,1H3,(H,20,21)(H,22,23). The molecular formula is C17H15Cl2NO4. The number of aryl methyl sites for hydroxylation is 1. The zero-order valence-electron chi connectivity index (χ0n) is 12.8. The van der Waals surface area contributed by atoms with Crippen molar-refractivity contribution >= 4 is 35.1 Å². The maximum absolute atomic E-state index is 12.2. The van der Waals surface area contributed by atoms with Crippen LogP contribution in [0.1, 0.15) is 39.8 Å². The Balaban J connectivity index is 1.59. The number of aromatic carboxylic acids is 1. The van der Waals surface area contributed by atoms with E-state index in [4.69, 9.17) is 32.7 Å². The highest BCUT2D eigenvalue weighted by molar-refractivity contribution is 6.35. The Morgan fingerprint density at radius 2 is 2.08 bits per heavy atom. The average Bonchev–Trinajstić information content (AvgIpc) is 3.20. The first-order valence-electron chi connectivity index (χ1n) is 7.42. The molecule has 1 amide bonds. The van der Waals surface area contributed by atoms with Gasteiger partial charge >= 0.3 is 5.97 Å². The molecule has 2 N–H and O–H groups in total. The van der Waals surface area contributed by atoms with Crippen molar-refractivity contribution in [2.45, 2.75) is 25.8 Å². The summed E-state index contributed by atoms with van der Waals surface area (Å²) in [6, 6.07) is 6.70. The SMILES string of the molecule is Cc1oc(CNC(=O)C2CC2c2ccc(Cl)cc2Cl)cc1C(=O)O. The van der Waals surface area contributed by atoms with Gasteiger partial charge < -0.3 is 14.8 Å². The van der Waals surface area contributed by atoms with Gasteiger partial charge in [0.1, 0.15) is 17.1 Å². The molecule has 1 saturated carbocycles. The average molecular weight is 368 g/mol. The molecule has 0 bridgehead atoms. The minimum atomic E-state index is -1.05. The summed E-state index contributed by atoms with van der Waals surface area (Å²) in [5.74, 6) is -0.462. The number of hydrogen-bond acceptors (Lipinski definition) is 3. The lowest BCUT2D eigenvalue weighted by molar-refractivity contribution is -0.122. The molecule has 2 unspecified atom stereocenters. The fraction of sp³-hybridized carbons (Fsp3) is 0.294. The molecule has 126 valence electrons. The molecule has 5 nitrogen and oxygen atoms in total. The number of carbonyl (C=O) groups is 2. The van der Waals surface area contributed by atoms with E-state index in [-0.39, 0.29) is 29.9 Å². The fourth-order valence-electron chi connectivity index (χ4n) is 2.78. The zero-order valence-corrected chi connectivity index (χ0v) is 14.3. The van der Waals surface area contributed by atoms with Gasteiger partial charge in [0.2, 0.25) is 5.91 Å². The van der Waals surface area contributed by atoms with Crippen LogP contribution in [0.15, 0.2) is 28.7 Å². The quantitative estimate of drug-likeness (QED) is 0.836. The summed E-state index contributed by atoms with van der Waals surface area (Å²) in [6.45, 7) is 1.73. The fourth-order valence-corrected chi connectivity index (χ4v) is 3.33. The van der Waals surface area contributed by atoms with Gasteiger partial charge in [0.25, 0.3) is 0 Å². The highest BCUT2D eigenvalue weighted by atomic mass is 35.5. The molecule has 2 aromatic rings. The molecule has 1 aliphatic carbocycles. The zero-order chi connectivity index (χ0) is 17.4. The molecule has 0 radical (unpaired) electrons. The van der Waals surface area contributed by atoms with Crippen LogP contribution in [0, 0.1) is 12.8 Å². The van der Waals surface area contributed by atoms with Gasteiger partial charge in [0.15, 0.2) is 0 Å². The van der Waals surface area contributed by atoms with E-state index in [0.717, 1.165) is 12.0 Å². The van der Waals surface area contributed by atoms with Gasteiger partial charge in [-0.1, -0.05) is 29.3 Å². The van der Waals surface area contributed by atoms with Gasteiger partial charge in [-0.2, -0.15) is 0 Å². The Bertz CT molecular complexity index is 815. The van der Waals surface area contributed by atoms with E-state index in [1.54, 1.807) is 19.1 Å². The molecular weight excluding hydrogens is 353 g/mol. The van der Waals surface area contributed by atoms with Gasteiger partial charge in [-0.3, -0.25) is 4.79 Å². The number of carbonyl (C=O) groups excluding carboxylic acids is 1. The predicted octanol–water partition coefficient (Wildman–Crippen LogP) is 4.01. The number of nitrogens with one attached hydrogen (secondary N) is 1. The summed E-state index contributed by atoms with van der Waals surface area (Å²) in [5.41, 5.74) is 1.03. The lowest BCUT2D eigenvalue weighted by Gasteiger charge is -2.05. The number of carboxylic acids is 1. The second-order valence-corrected chi connectivity index (χ2v) is 6.66. The van der Waals surface area contributed by atoms with Crippen molar-refractivity contribution in [2.24, 2.45) is 5.92 Å². The number of rotatable bonds is 5. The molecule has 1 aromatic heterocycles. The molecule has 3 rings (SSSR count). The third-order valence-corrected chi connectivity index (χ3v) is 4.69. The molecule has 2 atom stereocenters. The number of amides is 1. The molecule has 1 aromatic carbocycles. The van der Waals surface area contributed by atoms with Crippen LogP contribution in [0.25, 0.3) is 0 Å². The van der Waals surface area contributed by atoms with E-state index in [2.05, 4.69) is 5.32 Å². The topological polar surface area (TPSA) is 79.5 Å². The van der Waals surface area contributed by atoms with Crippen LogP contribution < -0.4 is 5.32 Å². The van der Waals surface area contributed by atoms with Crippen molar-refractivity contribution in [2.75, 3.05) is 0 Å². The minimum absolute atomic E-state index is 0.0858. The van der Waals surface area contributed by atoms with Crippen molar-refractivity contribution in [3.8, 4) is 0 Å². The first kappa shape index (κ1) is 16.9. The third kappa shape index (κ3) is 3.42. The van der Waals surface area contributed by atoms with E-state index in [0.29, 0.717) is 21.6 Å². The molecule has 7 heteroatoms. The normalized spacial score (nSPS) is 19.1. The summed E-state index contributed by atoms with van der Waals surface area (Å²) in [7, 11) is 0. The molecule has 1 aliphatic rings. The minimum Gasteiger partial charge on any atom is -0.478 e. The van der Waals surface area contributed by atoms with E-state index in [1.807, 2.05) is 6.07 Å². The van der Waals surface area contributed by atoms with Crippen LogP contribution >= 0.6 is 23.2 Å². The van der Waals surface area contributed by atoms with E-state index in [1.165, 1.54) is 6.07 Å². The van der Waals surface area contributed by atoms with Crippen LogP contribution in [-0.2, 0) is 11.3 Å². The molecule has 0 saturated heterocycles. The van der Waals surface area contributed by atoms with Crippen LogP contribution in [0.4, 0.5) is 0 Å². The van der Waals surface area contributed by atoms with Crippen molar-refractivity contribution < 1.29 is 19.1 Å². The van der Waals surface area contributed by atoms with Crippen molar-refractivity contribution in [3.05, 3.63) is 57.0 Å². The van der Waals surface area contributed by atoms with Gasteiger partial charge in [0.05, 0.1) is 6.54 Å². The van der Waals surface area contributed by atoms with Crippen molar-refractivity contribution in [1.82, 2.24) is 5.32 Å². The molecule has 1 fully saturated rings. The maximum Gasteiger partial charge on any atom is 0.339 e. The Morgan fingerprint density at radius 3 is 2.71 bits per heavy atom. The van der Waals surface area contributed by atoms with Crippen molar-refractivity contribution in [3.63, 3.8) is 0 Å². The summed E-state index contributed by atoms with van der Waals surface area (Å²) in [5, 5.41) is 12.9. The van der Waals surface area contributed by atoms with E-state index >= 15 is 0 Å². The smallest absolute Gasteiger partial charge is 0.339 e. The van der Waals surface area contributed by atoms with Crippen LogP contribution in [-0.4, -0.2) is 17.0 Å². The largest absolute Gasteiger partial charge is 0.478 e. The number of benzene rings is 1. The van der Waals surface area contributed by atoms with Crippen molar-refractivity contribution in [1.29, 1.82) is 0 Å². The Labute approximate surface area is 148 Å². The highest BCUT2D eigenvalue weighted by Gasteiger charge is 2.44. The van der Waals surface area contributed by atoms with Gasteiger partial charge in [-0.15, -0.1) is 0 Å². The Kier molecular flexibility index (Phi) is 4.56. The van der Waals surface area contributed by atoms with Crippen LogP contribution in [0.5, 0.6) is 0 Å². The number of halogens is 2. The number of furan rings is 1. The summed E-state index contributed by atoms with van der Waals surface area (Å²) < 4.78 is 5.34. The monoisotopic (exact) mass is 367 g/mol. The maximum atomic E-state index is 12.2. The van der Waals surface area contributed by atoms with Gasteiger partial charge in [-0.25, -0.2) is 4.79 Å². The lowest BCUT2D eigenvalue weighted by atomic mass is 10.1. The first-order chi connectivity index (χ1) is 11.4. The molecule has 24 heavy (non-hydrogen) atoms. The predicted molar refractivity (Wildman–Crippen MR) is 89.6 cm³/mol. The number of carboxylic acid groups (broad SMARTS) is 1. The van der Waals surface area contributed by atoms with Crippen LogP contribution in [0.2, 0.25) is 10.0 Å². The second-order valence-electron chi connectivity index (χ2n) is 5.82. The van der Waals surface area contributed by atoms with E-state index < -0.39 is 5.97 Å². The van der Waals surface area contributed by atoms with Gasteiger partial charge in [-0.05, 0) is 43.0 Å². The summed E-state index contributed by atoms with van der Waals surface area (Å²) in [6.07, 6.45) is 0.727. The molecule has 1 heterocycles. The van der Waals surface area contributed by atoms with E-state index in [9.17, 15) is 9.59 Å². The summed E-state index contributed by atoms with van der Waals surface area (Å²) >= 11 is 12.1. The lowest BCUT2D eigenvalue weighted by Crippen LogP contribution is -2.24. The first-order valence-corrected chi connectivity index (χ1v) is 8.17. The summed E-state index contributed by atoms with van der Waals surface area (Å²) in [4.78, 5) is 23.2. The highest BCUT2D eigenvalue weighted by Crippen LogP contribution is 2.50.